The first kappa shape index (κ1) is 18.7. The number of hydrogen-bond acceptors (Lipinski definition) is 3. The predicted octanol–water partition coefficient (Wildman–Crippen LogP) is 4.83. The molecule has 0 aliphatic rings. The summed E-state index contributed by atoms with van der Waals surface area (Å²) in [6.45, 7) is 7.02. The lowest BCUT2D eigenvalue weighted by Gasteiger charge is -2.23. The van der Waals surface area contributed by atoms with Crippen LogP contribution in [0.3, 0.4) is 0 Å². The molecule has 2 rings (SSSR count). The van der Waals surface area contributed by atoms with Crippen molar-refractivity contribution < 1.29 is 9.53 Å². The zero-order chi connectivity index (χ0) is 18.1. The van der Waals surface area contributed by atoms with Crippen LogP contribution in [0.15, 0.2) is 45.8 Å². The summed E-state index contributed by atoms with van der Waals surface area (Å²) < 4.78 is 7.53. The number of hydrogen-bond donors (Lipinski definition) is 0. The molecule has 128 valence electrons. The monoisotopic (exact) mass is 411 g/mol. The van der Waals surface area contributed by atoms with Crippen molar-refractivity contribution in [1.29, 1.82) is 0 Å². The third kappa shape index (κ3) is 4.48. The molecule has 1 unspecified atom stereocenters. The van der Waals surface area contributed by atoms with E-state index in [0.29, 0.717) is 5.02 Å². The Bertz CT molecular complexity index is 824. The maximum Gasteiger partial charge on any atom is 0.329 e. The molecule has 0 amide bonds. The standard InChI is InChI=1S/C18H19BrClNO3/c1-11(17(23)24-18(2,3)4)21-8-7-12(9-16(21)22)14-10-13(20)5-6-15(14)19/h5-11H,1-4H3. The third-order valence-electron chi connectivity index (χ3n) is 3.35. The molecule has 1 heterocycles. The highest BCUT2D eigenvalue weighted by Gasteiger charge is 2.23. The van der Waals surface area contributed by atoms with Gasteiger partial charge < -0.3 is 9.30 Å². The summed E-state index contributed by atoms with van der Waals surface area (Å²) in [5.41, 5.74) is 0.664. The SMILES string of the molecule is CC(C(=O)OC(C)(C)C)n1ccc(-c2cc(Cl)ccc2Br)cc1=O. The van der Waals surface area contributed by atoms with E-state index in [0.717, 1.165) is 15.6 Å². The maximum atomic E-state index is 12.4. The number of halogens is 2. The van der Waals surface area contributed by atoms with Crippen LogP contribution < -0.4 is 5.56 Å². The number of rotatable bonds is 3. The molecule has 1 aromatic heterocycles. The second kappa shape index (κ2) is 7.11. The molecule has 0 spiro atoms. The van der Waals surface area contributed by atoms with E-state index in [1.807, 2.05) is 6.07 Å². The van der Waals surface area contributed by atoms with Gasteiger partial charge in [0, 0.05) is 21.8 Å². The fraction of sp³-hybridized carbons (Fsp3) is 0.333. The molecule has 0 radical (unpaired) electrons. The van der Waals surface area contributed by atoms with Crippen molar-refractivity contribution in [3.05, 3.63) is 56.4 Å². The number of benzene rings is 1. The van der Waals surface area contributed by atoms with E-state index in [9.17, 15) is 9.59 Å². The summed E-state index contributed by atoms with van der Waals surface area (Å²) in [5, 5.41) is 0.583. The molecule has 0 aliphatic heterocycles. The van der Waals surface area contributed by atoms with E-state index >= 15 is 0 Å². The van der Waals surface area contributed by atoms with E-state index in [-0.39, 0.29) is 5.56 Å². The minimum atomic E-state index is -0.700. The molecule has 24 heavy (non-hydrogen) atoms. The van der Waals surface area contributed by atoms with Gasteiger partial charge in [0.15, 0.2) is 0 Å². The predicted molar refractivity (Wildman–Crippen MR) is 99.4 cm³/mol. The zero-order valence-corrected chi connectivity index (χ0v) is 16.3. The van der Waals surface area contributed by atoms with Crippen LogP contribution in [0.5, 0.6) is 0 Å². The van der Waals surface area contributed by atoms with Crippen molar-refractivity contribution in [3.8, 4) is 11.1 Å². The highest BCUT2D eigenvalue weighted by molar-refractivity contribution is 9.10. The Morgan fingerprint density at radius 2 is 1.92 bits per heavy atom. The number of aromatic nitrogens is 1. The number of nitrogens with zero attached hydrogens (tertiary/aromatic N) is 1. The summed E-state index contributed by atoms with van der Waals surface area (Å²) in [5.74, 6) is -0.443. The normalized spacial score (nSPS) is 12.8. The summed E-state index contributed by atoms with van der Waals surface area (Å²) in [6.07, 6.45) is 1.60. The molecule has 0 N–H and O–H groups in total. The van der Waals surface area contributed by atoms with Gasteiger partial charge >= 0.3 is 5.97 Å². The highest BCUT2D eigenvalue weighted by Crippen LogP contribution is 2.30. The first-order chi connectivity index (χ1) is 11.1. The maximum absolute atomic E-state index is 12.4. The molecule has 0 bridgehead atoms. The van der Waals surface area contributed by atoms with Gasteiger partial charge in [0.05, 0.1) is 0 Å². The highest BCUT2D eigenvalue weighted by atomic mass is 79.9. The number of carbonyl (C=O) groups excluding carboxylic acids is 1. The van der Waals surface area contributed by atoms with Gasteiger partial charge in [-0.1, -0.05) is 27.5 Å². The van der Waals surface area contributed by atoms with Crippen molar-refractivity contribution in [3.63, 3.8) is 0 Å². The van der Waals surface area contributed by atoms with Crippen LogP contribution in [0.4, 0.5) is 0 Å². The molecular formula is C18H19BrClNO3. The number of carbonyl (C=O) groups is 1. The van der Waals surface area contributed by atoms with Gasteiger partial charge in [-0.05, 0) is 63.1 Å². The van der Waals surface area contributed by atoms with Crippen molar-refractivity contribution in [2.75, 3.05) is 0 Å². The molecule has 2 aromatic rings. The van der Waals surface area contributed by atoms with Crippen LogP contribution in [-0.4, -0.2) is 16.1 Å². The smallest absolute Gasteiger partial charge is 0.329 e. The summed E-state index contributed by atoms with van der Waals surface area (Å²) in [6, 6.07) is 7.93. The number of ether oxygens (including phenoxy) is 1. The van der Waals surface area contributed by atoms with Crippen molar-refractivity contribution in [1.82, 2.24) is 4.57 Å². The Labute approximate surface area is 154 Å². The molecular weight excluding hydrogens is 394 g/mol. The van der Waals surface area contributed by atoms with Gasteiger partial charge in [0.2, 0.25) is 0 Å². The quantitative estimate of drug-likeness (QED) is 0.678. The molecule has 0 aliphatic carbocycles. The number of pyridine rings is 1. The van der Waals surface area contributed by atoms with Crippen LogP contribution in [-0.2, 0) is 9.53 Å². The van der Waals surface area contributed by atoms with Gasteiger partial charge in [0.1, 0.15) is 11.6 Å². The molecule has 6 heteroatoms. The molecule has 1 atom stereocenters. The first-order valence-corrected chi connectivity index (χ1v) is 8.66. The zero-order valence-electron chi connectivity index (χ0n) is 14.0. The van der Waals surface area contributed by atoms with E-state index in [1.54, 1.807) is 52.1 Å². The summed E-state index contributed by atoms with van der Waals surface area (Å²) >= 11 is 9.48. The minimum Gasteiger partial charge on any atom is -0.458 e. The lowest BCUT2D eigenvalue weighted by molar-refractivity contribution is -0.158. The molecule has 0 saturated heterocycles. The van der Waals surface area contributed by atoms with Crippen LogP contribution in [0.25, 0.3) is 11.1 Å². The van der Waals surface area contributed by atoms with Gasteiger partial charge in [-0.2, -0.15) is 0 Å². The fourth-order valence-corrected chi connectivity index (χ4v) is 2.84. The Kier molecular flexibility index (Phi) is 5.56. The average Bonchev–Trinajstić information content (AvgIpc) is 2.47. The third-order valence-corrected chi connectivity index (χ3v) is 4.28. The Morgan fingerprint density at radius 3 is 2.50 bits per heavy atom. The van der Waals surface area contributed by atoms with Crippen LogP contribution in [0.1, 0.15) is 33.7 Å². The molecule has 0 fully saturated rings. The van der Waals surface area contributed by atoms with E-state index in [4.69, 9.17) is 16.3 Å². The lowest BCUT2D eigenvalue weighted by atomic mass is 10.1. The lowest BCUT2D eigenvalue weighted by Crippen LogP contribution is -2.33. The van der Waals surface area contributed by atoms with Crippen LogP contribution >= 0.6 is 27.5 Å². The first-order valence-electron chi connectivity index (χ1n) is 7.49. The fourth-order valence-electron chi connectivity index (χ4n) is 2.20. The minimum absolute atomic E-state index is 0.280. The second-order valence-electron chi connectivity index (χ2n) is 6.49. The summed E-state index contributed by atoms with van der Waals surface area (Å²) in [4.78, 5) is 24.6. The number of esters is 1. The van der Waals surface area contributed by atoms with Crippen molar-refractivity contribution in [2.24, 2.45) is 0 Å². The molecule has 4 nitrogen and oxygen atoms in total. The van der Waals surface area contributed by atoms with E-state index in [2.05, 4.69) is 15.9 Å². The Hall–Kier alpha value is -1.59. The van der Waals surface area contributed by atoms with E-state index < -0.39 is 17.6 Å². The Morgan fingerprint density at radius 1 is 1.25 bits per heavy atom. The van der Waals surface area contributed by atoms with Crippen LogP contribution in [0.2, 0.25) is 5.02 Å². The largest absolute Gasteiger partial charge is 0.458 e. The van der Waals surface area contributed by atoms with Gasteiger partial charge in [-0.15, -0.1) is 0 Å². The molecule has 1 aromatic carbocycles. The molecule has 0 saturated carbocycles. The Balaban J connectivity index is 2.35. The van der Waals surface area contributed by atoms with Gasteiger partial charge in [0.25, 0.3) is 5.56 Å². The second-order valence-corrected chi connectivity index (χ2v) is 7.79. The van der Waals surface area contributed by atoms with Gasteiger partial charge in [-0.25, -0.2) is 4.79 Å². The van der Waals surface area contributed by atoms with E-state index in [1.165, 1.54) is 10.6 Å². The van der Waals surface area contributed by atoms with Crippen LogP contribution in [0, 0.1) is 0 Å². The van der Waals surface area contributed by atoms with Gasteiger partial charge in [-0.3, -0.25) is 4.79 Å². The van der Waals surface area contributed by atoms with Crippen molar-refractivity contribution in [2.45, 2.75) is 39.3 Å². The average molecular weight is 413 g/mol. The van der Waals surface area contributed by atoms with Crippen molar-refractivity contribution >= 4 is 33.5 Å². The summed E-state index contributed by atoms with van der Waals surface area (Å²) in [7, 11) is 0. The topological polar surface area (TPSA) is 48.3 Å².